The lowest BCUT2D eigenvalue weighted by Crippen LogP contribution is -2.42. The first kappa shape index (κ1) is 15.8. The van der Waals surface area contributed by atoms with E-state index in [4.69, 9.17) is 11.6 Å². The van der Waals surface area contributed by atoms with Crippen molar-refractivity contribution in [1.82, 2.24) is 4.72 Å². The van der Waals surface area contributed by atoms with Crippen molar-refractivity contribution in [1.29, 1.82) is 0 Å². The van der Waals surface area contributed by atoms with Crippen LogP contribution in [0.4, 0.5) is 11.4 Å². The average molecular weight is 303 g/mol. The lowest BCUT2D eigenvalue weighted by molar-refractivity contribution is -0.387. The number of primary amides is 1. The van der Waals surface area contributed by atoms with Crippen molar-refractivity contribution >= 4 is 27.3 Å². The highest BCUT2D eigenvalue weighted by molar-refractivity contribution is 7.89. The summed E-state index contributed by atoms with van der Waals surface area (Å²) in [4.78, 5) is 20.3. The average Bonchev–Trinajstić information content (AvgIpc) is 2.37. The molecule has 1 atom stereocenters. The lowest BCUT2D eigenvalue weighted by Gasteiger charge is -2.11. The van der Waals surface area contributed by atoms with E-state index < -0.39 is 37.5 Å². The lowest BCUT2D eigenvalue weighted by atomic mass is 10.3. The van der Waals surface area contributed by atoms with E-state index in [0.717, 1.165) is 12.1 Å². The van der Waals surface area contributed by atoms with E-state index in [0.29, 0.717) is 0 Å². The van der Waals surface area contributed by atoms with Gasteiger partial charge in [0.05, 0.1) is 16.7 Å². The van der Waals surface area contributed by atoms with Gasteiger partial charge in [-0.1, -0.05) is 0 Å². The zero-order valence-electron chi connectivity index (χ0n) is 10.4. The molecule has 1 aromatic carbocycles. The maximum Gasteiger partial charge on any atom is 0.291 e. The number of hydrazine groups is 1. The van der Waals surface area contributed by atoms with E-state index in [9.17, 15) is 23.3 Å². The monoisotopic (exact) mass is 303 g/mol. The molecule has 1 unspecified atom stereocenters. The van der Waals surface area contributed by atoms with Gasteiger partial charge in [-0.25, -0.2) is 8.42 Å². The second-order valence-corrected chi connectivity index (χ2v) is 5.51. The topological polar surface area (TPSA) is 170 Å². The first-order valence-corrected chi connectivity index (χ1v) is 6.74. The summed E-state index contributed by atoms with van der Waals surface area (Å²) in [5.41, 5.74) is 6.59. The van der Waals surface area contributed by atoms with Crippen molar-refractivity contribution in [3.63, 3.8) is 0 Å². The molecule has 0 aliphatic heterocycles. The molecule has 1 amide bonds. The van der Waals surface area contributed by atoms with Crippen LogP contribution in [0, 0.1) is 10.1 Å². The van der Waals surface area contributed by atoms with E-state index >= 15 is 0 Å². The molecule has 10 nitrogen and oxygen atoms in total. The van der Waals surface area contributed by atoms with Gasteiger partial charge in [-0.3, -0.25) is 20.8 Å². The summed E-state index contributed by atoms with van der Waals surface area (Å²) in [5, 5.41) is 10.9. The highest BCUT2D eigenvalue weighted by atomic mass is 32.2. The normalized spacial score (nSPS) is 12.7. The number of nitro benzene ring substituents is 1. The summed E-state index contributed by atoms with van der Waals surface area (Å²) >= 11 is 0. The van der Waals surface area contributed by atoms with Gasteiger partial charge >= 0.3 is 0 Å². The van der Waals surface area contributed by atoms with Crippen LogP contribution >= 0.6 is 0 Å². The summed E-state index contributed by atoms with van der Waals surface area (Å²) in [6.07, 6.45) is 0. The van der Waals surface area contributed by atoms with E-state index in [-0.39, 0.29) is 5.69 Å². The molecule has 0 aliphatic rings. The molecular weight excluding hydrogens is 290 g/mol. The summed E-state index contributed by atoms with van der Waals surface area (Å²) in [7, 11) is -4.27. The minimum absolute atomic E-state index is 0.165. The summed E-state index contributed by atoms with van der Waals surface area (Å²) in [5.74, 6) is 4.19. The van der Waals surface area contributed by atoms with Gasteiger partial charge in [0.2, 0.25) is 15.9 Å². The fourth-order valence-electron chi connectivity index (χ4n) is 1.33. The third-order valence-electron chi connectivity index (χ3n) is 2.37. The molecule has 0 saturated carbocycles. The van der Waals surface area contributed by atoms with Gasteiger partial charge in [-0.15, -0.1) is 0 Å². The van der Waals surface area contributed by atoms with Gasteiger partial charge in [0.25, 0.3) is 5.69 Å². The predicted molar refractivity (Wildman–Crippen MR) is 69.9 cm³/mol. The van der Waals surface area contributed by atoms with Crippen molar-refractivity contribution < 1.29 is 18.1 Å². The zero-order valence-corrected chi connectivity index (χ0v) is 11.2. The highest BCUT2D eigenvalue weighted by Crippen LogP contribution is 2.26. The maximum absolute atomic E-state index is 12.0. The maximum atomic E-state index is 12.0. The van der Waals surface area contributed by atoms with Crippen LogP contribution in [0.2, 0.25) is 0 Å². The predicted octanol–water partition coefficient (Wildman–Crippen LogP) is -0.967. The number of hydrogen-bond acceptors (Lipinski definition) is 7. The summed E-state index contributed by atoms with van der Waals surface area (Å²) < 4.78 is 25.9. The van der Waals surface area contributed by atoms with E-state index in [2.05, 4.69) is 5.43 Å². The standard InChI is InChI=1S/C9H13N5O5S/c1-5(9(10)15)13-20(18,19)8-3-2-6(12-11)4-7(8)14(16)17/h2-5,12-13H,11H2,1H3,(H2,10,15). The van der Waals surface area contributed by atoms with Gasteiger partial charge in [-0.05, 0) is 19.1 Å². The molecule has 110 valence electrons. The SMILES string of the molecule is CC(NS(=O)(=O)c1ccc(NN)cc1[N+](=O)[O-])C(N)=O. The Balaban J connectivity index is 3.31. The summed E-state index contributed by atoms with van der Waals surface area (Å²) in [6.45, 7) is 1.22. The van der Waals surface area contributed by atoms with E-state index in [1.165, 1.54) is 13.0 Å². The number of hydrogen-bond donors (Lipinski definition) is 4. The molecule has 0 spiro atoms. The fraction of sp³-hybridized carbons (Fsp3) is 0.222. The van der Waals surface area contributed by atoms with Crippen molar-refractivity contribution in [3.8, 4) is 0 Å². The molecule has 20 heavy (non-hydrogen) atoms. The van der Waals surface area contributed by atoms with Gasteiger partial charge in [0.1, 0.15) is 0 Å². The minimum Gasteiger partial charge on any atom is -0.368 e. The Morgan fingerprint density at radius 2 is 2.05 bits per heavy atom. The Kier molecular flexibility index (Phi) is 4.60. The Labute approximate surface area is 114 Å². The Morgan fingerprint density at radius 1 is 1.45 bits per heavy atom. The van der Waals surface area contributed by atoms with Crippen LogP contribution in [0.25, 0.3) is 0 Å². The molecular formula is C9H13N5O5S. The number of carbonyl (C=O) groups is 1. The van der Waals surface area contributed by atoms with Crippen LogP contribution in [-0.2, 0) is 14.8 Å². The molecule has 0 aromatic heterocycles. The van der Waals surface area contributed by atoms with Crippen molar-refractivity contribution in [2.75, 3.05) is 5.43 Å². The number of nitrogens with two attached hydrogens (primary N) is 2. The Bertz CT molecular complexity index is 644. The molecule has 0 heterocycles. The van der Waals surface area contributed by atoms with Crippen LogP contribution in [0.15, 0.2) is 23.1 Å². The molecule has 1 aromatic rings. The highest BCUT2D eigenvalue weighted by Gasteiger charge is 2.28. The van der Waals surface area contributed by atoms with Crippen molar-refractivity contribution in [2.45, 2.75) is 17.9 Å². The summed E-state index contributed by atoms with van der Waals surface area (Å²) in [6, 6.07) is 2.01. The molecule has 0 bridgehead atoms. The number of rotatable bonds is 6. The second-order valence-electron chi connectivity index (χ2n) is 3.83. The van der Waals surface area contributed by atoms with Crippen molar-refractivity contribution in [2.24, 2.45) is 11.6 Å². The first-order chi connectivity index (χ1) is 9.19. The number of amides is 1. The first-order valence-electron chi connectivity index (χ1n) is 5.25. The smallest absolute Gasteiger partial charge is 0.291 e. The van der Waals surface area contributed by atoms with Gasteiger partial charge in [0, 0.05) is 6.07 Å². The van der Waals surface area contributed by atoms with Crippen LogP contribution in [0.1, 0.15) is 6.92 Å². The third kappa shape index (κ3) is 3.40. The second kappa shape index (κ2) is 5.81. The number of benzene rings is 1. The molecule has 0 fully saturated rings. The van der Waals surface area contributed by atoms with Crippen LogP contribution in [0.3, 0.4) is 0 Å². The number of nitro groups is 1. The molecule has 11 heteroatoms. The zero-order chi connectivity index (χ0) is 15.5. The van der Waals surface area contributed by atoms with E-state index in [1.54, 1.807) is 0 Å². The number of nitrogens with one attached hydrogen (secondary N) is 2. The molecule has 0 saturated heterocycles. The number of anilines is 1. The molecule has 6 N–H and O–H groups in total. The number of nitrogens with zero attached hydrogens (tertiary/aromatic N) is 1. The van der Waals surface area contributed by atoms with Crippen molar-refractivity contribution in [3.05, 3.63) is 28.3 Å². The number of nitrogen functional groups attached to an aromatic ring is 1. The van der Waals surface area contributed by atoms with Gasteiger partial charge < -0.3 is 11.2 Å². The molecule has 1 rings (SSSR count). The number of sulfonamides is 1. The van der Waals surface area contributed by atoms with Crippen LogP contribution < -0.4 is 21.7 Å². The quantitative estimate of drug-likeness (QED) is 0.297. The van der Waals surface area contributed by atoms with Crippen LogP contribution in [-0.4, -0.2) is 25.3 Å². The molecule has 0 aliphatic carbocycles. The van der Waals surface area contributed by atoms with Crippen LogP contribution in [0.5, 0.6) is 0 Å². The van der Waals surface area contributed by atoms with Gasteiger partial charge in [0.15, 0.2) is 4.90 Å². The largest absolute Gasteiger partial charge is 0.368 e. The van der Waals surface area contributed by atoms with Gasteiger partial charge in [-0.2, -0.15) is 4.72 Å². The Morgan fingerprint density at radius 3 is 2.50 bits per heavy atom. The molecule has 0 radical (unpaired) electrons. The Hall–Kier alpha value is -2.24. The third-order valence-corrected chi connectivity index (χ3v) is 3.96. The fourth-order valence-corrected chi connectivity index (χ4v) is 2.70. The number of carbonyl (C=O) groups excluding carboxylic acids is 1. The minimum atomic E-state index is -4.27. The van der Waals surface area contributed by atoms with E-state index in [1.807, 2.05) is 4.72 Å².